The quantitative estimate of drug-likeness (QED) is 0.649. The molecule has 0 saturated heterocycles. The fraction of sp³-hybridized carbons (Fsp3) is 0.200. The van der Waals surface area contributed by atoms with Gasteiger partial charge in [0.15, 0.2) is 5.65 Å². The molecule has 0 saturated carbocycles. The zero-order valence-corrected chi connectivity index (χ0v) is 14.5. The van der Waals surface area contributed by atoms with E-state index in [0.717, 1.165) is 9.26 Å². The maximum atomic E-state index is 12.3. The van der Waals surface area contributed by atoms with Gasteiger partial charge in [-0.3, -0.25) is 18.8 Å². The Bertz CT molecular complexity index is 931. The summed E-state index contributed by atoms with van der Waals surface area (Å²) < 4.78 is 4.02. The normalized spacial score (nSPS) is 10.9. The molecule has 0 aliphatic rings. The van der Waals surface area contributed by atoms with Crippen LogP contribution in [-0.4, -0.2) is 25.2 Å². The lowest BCUT2D eigenvalue weighted by Crippen LogP contribution is -2.23. The largest absolute Gasteiger partial charge is 0.326 e. The summed E-state index contributed by atoms with van der Waals surface area (Å²) in [5, 5.41) is 7.29. The van der Waals surface area contributed by atoms with Crippen LogP contribution in [0.5, 0.6) is 0 Å². The van der Waals surface area contributed by atoms with E-state index in [1.807, 2.05) is 24.3 Å². The molecule has 0 aliphatic carbocycles. The number of aryl methyl sites for hydroxylation is 2. The molecule has 0 aliphatic heterocycles. The molecule has 2 heterocycles. The Morgan fingerprint density at radius 1 is 1.39 bits per heavy atom. The van der Waals surface area contributed by atoms with E-state index >= 15 is 0 Å². The number of anilines is 1. The molecule has 1 amide bonds. The minimum absolute atomic E-state index is 0.148. The van der Waals surface area contributed by atoms with Gasteiger partial charge in [0, 0.05) is 29.3 Å². The van der Waals surface area contributed by atoms with Gasteiger partial charge in [0.1, 0.15) is 5.39 Å². The van der Waals surface area contributed by atoms with E-state index in [1.165, 1.54) is 17.1 Å². The van der Waals surface area contributed by atoms with Crippen LogP contribution in [0.15, 0.2) is 41.6 Å². The molecule has 0 unspecified atom stereocenters. The third-order valence-electron chi connectivity index (χ3n) is 3.41. The standard InChI is InChI=1S/C15H14IN5O2/c1-20-14-12(8-18-20)15(23)21(9-17-14)6-5-13(22)19-11-4-2-3-10(16)7-11/h2-4,7-9H,5-6H2,1H3,(H,19,22). The summed E-state index contributed by atoms with van der Waals surface area (Å²) in [4.78, 5) is 28.5. The van der Waals surface area contributed by atoms with Crippen LogP contribution in [0, 0.1) is 3.57 Å². The zero-order chi connectivity index (χ0) is 16.4. The van der Waals surface area contributed by atoms with Crippen molar-refractivity contribution < 1.29 is 4.79 Å². The molecule has 1 N–H and O–H groups in total. The lowest BCUT2D eigenvalue weighted by molar-refractivity contribution is -0.116. The summed E-state index contributed by atoms with van der Waals surface area (Å²) >= 11 is 2.18. The van der Waals surface area contributed by atoms with Crippen molar-refractivity contribution in [2.45, 2.75) is 13.0 Å². The number of nitrogens with one attached hydrogen (secondary N) is 1. The smallest absolute Gasteiger partial charge is 0.264 e. The number of benzene rings is 1. The van der Waals surface area contributed by atoms with E-state index in [2.05, 4.69) is 38.0 Å². The third kappa shape index (κ3) is 3.41. The van der Waals surface area contributed by atoms with Gasteiger partial charge < -0.3 is 5.32 Å². The first-order chi connectivity index (χ1) is 11.0. The second kappa shape index (κ2) is 6.49. The third-order valence-corrected chi connectivity index (χ3v) is 4.08. The van der Waals surface area contributed by atoms with Gasteiger partial charge in [0.05, 0.1) is 12.5 Å². The molecule has 1 aromatic carbocycles. The highest BCUT2D eigenvalue weighted by molar-refractivity contribution is 14.1. The predicted molar refractivity (Wildman–Crippen MR) is 95.2 cm³/mol. The number of aromatic nitrogens is 4. The van der Waals surface area contributed by atoms with Crippen molar-refractivity contribution in [2.75, 3.05) is 5.32 Å². The number of hydrogen-bond donors (Lipinski definition) is 1. The highest BCUT2D eigenvalue weighted by Crippen LogP contribution is 2.12. The molecule has 0 spiro atoms. The van der Waals surface area contributed by atoms with E-state index in [4.69, 9.17) is 0 Å². The average Bonchev–Trinajstić information content (AvgIpc) is 2.89. The number of amides is 1. The summed E-state index contributed by atoms with van der Waals surface area (Å²) in [6, 6.07) is 7.54. The Hall–Kier alpha value is -2.23. The second-order valence-corrected chi connectivity index (χ2v) is 6.30. The van der Waals surface area contributed by atoms with Crippen LogP contribution >= 0.6 is 22.6 Å². The minimum atomic E-state index is -0.190. The summed E-state index contributed by atoms with van der Waals surface area (Å²) in [6.07, 6.45) is 3.14. The van der Waals surface area contributed by atoms with Crippen LogP contribution in [0.4, 0.5) is 5.69 Å². The maximum Gasteiger partial charge on any atom is 0.264 e. The number of hydrogen-bond acceptors (Lipinski definition) is 4. The molecule has 3 aromatic rings. The van der Waals surface area contributed by atoms with Crippen molar-refractivity contribution in [3.05, 3.63) is 50.7 Å². The lowest BCUT2D eigenvalue weighted by atomic mass is 10.3. The van der Waals surface area contributed by atoms with E-state index in [0.29, 0.717) is 11.0 Å². The Morgan fingerprint density at radius 2 is 2.22 bits per heavy atom. The fourth-order valence-corrected chi connectivity index (χ4v) is 2.78. The Morgan fingerprint density at radius 3 is 3.00 bits per heavy atom. The van der Waals surface area contributed by atoms with Crippen LogP contribution in [0.2, 0.25) is 0 Å². The van der Waals surface area contributed by atoms with E-state index in [9.17, 15) is 9.59 Å². The monoisotopic (exact) mass is 423 g/mol. The minimum Gasteiger partial charge on any atom is -0.326 e. The van der Waals surface area contributed by atoms with Crippen molar-refractivity contribution in [3.63, 3.8) is 0 Å². The van der Waals surface area contributed by atoms with Gasteiger partial charge in [-0.1, -0.05) is 6.07 Å². The lowest BCUT2D eigenvalue weighted by Gasteiger charge is -2.07. The van der Waals surface area contributed by atoms with Crippen molar-refractivity contribution in [2.24, 2.45) is 7.05 Å². The maximum absolute atomic E-state index is 12.3. The van der Waals surface area contributed by atoms with Crippen molar-refractivity contribution >= 4 is 45.2 Å². The summed E-state index contributed by atoms with van der Waals surface area (Å²) in [5.74, 6) is -0.148. The van der Waals surface area contributed by atoms with Gasteiger partial charge in [-0.15, -0.1) is 0 Å². The summed E-state index contributed by atoms with van der Waals surface area (Å²) in [7, 11) is 1.73. The molecule has 0 fully saturated rings. The SMILES string of the molecule is Cn1ncc2c(=O)n(CCC(=O)Nc3cccc(I)c3)cnc21. The van der Waals surface area contributed by atoms with Gasteiger partial charge in [0.25, 0.3) is 5.56 Å². The van der Waals surface area contributed by atoms with Crippen LogP contribution in [0.1, 0.15) is 6.42 Å². The van der Waals surface area contributed by atoms with Gasteiger partial charge >= 0.3 is 0 Å². The van der Waals surface area contributed by atoms with Crippen molar-refractivity contribution in [3.8, 4) is 0 Å². The number of carbonyl (C=O) groups is 1. The summed E-state index contributed by atoms with van der Waals surface area (Å²) in [5.41, 5.74) is 1.09. The van der Waals surface area contributed by atoms with Gasteiger partial charge in [0.2, 0.25) is 5.91 Å². The molecule has 0 bridgehead atoms. The fourth-order valence-electron chi connectivity index (χ4n) is 2.24. The molecular formula is C15H14IN5O2. The molecule has 8 heteroatoms. The second-order valence-electron chi connectivity index (χ2n) is 5.06. The van der Waals surface area contributed by atoms with Crippen molar-refractivity contribution in [1.82, 2.24) is 19.3 Å². The Balaban J connectivity index is 1.69. The highest BCUT2D eigenvalue weighted by atomic mass is 127. The number of rotatable bonds is 4. The van der Waals surface area contributed by atoms with Crippen LogP contribution in [0.25, 0.3) is 11.0 Å². The molecule has 3 rings (SSSR count). The number of nitrogens with zero attached hydrogens (tertiary/aromatic N) is 4. The first-order valence-electron chi connectivity index (χ1n) is 6.97. The van der Waals surface area contributed by atoms with Crippen LogP contribution < -0.4 is 10.9 Å². The van der Waals surface area contributed by atoms with Gasteiger partial charge in [-0.25, -0.2) is 4.98 Å². The molecule has 0 radical (unpaired) electrons. The average molecular weight is 423 g/mol. The number of carbonyl (C=O) groups excluding carboxylic acids is 1. The van der Waals surface area contributed by atoms with E-state index < -0.39 is 0 Å². The van der Waals surface area contributed by atoms with E-state index in [1.54, 1.807) is 11.7 Å². The van der Waals surface area contributed by atoms with Gasteiger partial charge in [-0.05, 0) is 40.8 Å². The van der Waals surface area contributed by atoms with Gasteiger partial charge in [-0.2, -0.15) is 5.10 Å². The Labute approximate surface area is 145 Å². The first kappa shape index (κ1) is 15.7. The molecule has 0 atom stereocenters. The first-order valence-corrected chi connectivity index (χ1v) is 8.05. The molecule has 7 nitrogen and oxygen atoms in total. The zero-order valence-electron chi connectivity index (χ0n) is 12.4. The number of fused-ring (bicyclic) bond motifs is 1. The van der Waals surface area contributed by atoms with Crippen molar-refractivity contribution in [1.29, 1.82) is 0 Å². The molecule has 23 heavy (non-hydrogen) atoms. The topological polar surface area (TPSA) is 81.8 Å². The number of halogens is 1. The predicted octanol–water partition coefficient (Wildman–Crippen LogP) is 1.76. The Kier molecular flexibility index (Phi) is 4.42. The van der Waals surface area contributed by atoms with E-state index in [-0.39, 0.29) is 24.4 Å². The van der Waals surface area contributed by atoms with Crippen LogP contribution in [0.3, 0.4) is 0 Å². The molecular weight excluding hydrogens is 409 g/mol. The van der Waals surface area contributed by atoms with Crippen LogP contribution in [-0.2, 0) is 18.4 Å². The molecule has 2 aromatic heterocycles. The summed E-state index contributed by atoms with van der Waals surface area (Å²) in [6.45, 7) is 0.270. The molecule has 118 valence electrons. The highest BCUT2D eigenvalue weighted by Gasteiger charge is 2.09.